The van der Waals surface area contributed by atoms with Crippen LogP contribution in [0.2, 0.25) is 0 Å². The zero-order valence-corrected chi connectivity index (χ0v) is 10.3. The predicted molar refractivity (Wildman–Crippen MR) is 67.8 cm³/mol. The number of nitrogens with zero attached hydrogens (tertiary/aromatic N) is 3. The van der Waals surface area contributed by atoms with Gasteiger partial charge in [-0.2, -0.15) is 0 Å². The lowest BCUT2D eigenvalue weighted by Gasteiger charge is -2.12. The van der Waals surface area contributed by atoms with Crippen LogP contribution in [-0.4, -0.2) is 11.9 Å². The fourth-order valence-corrected chi connectivity index (χ4v) is 1.47. The van der Waals surface area contributed by atoms with Crippen LogP contribution in [0.4, 0.5) is 5.69 Å². The van der Waals surface area contributed by atoms with Gasteiger partial charge >= 0.3 is 0 Å². The van der Waals surface area contributed by atoms with Crippen LogP contribution in [0.5, 0.6) is 0 Å². The van der Waals surface area contributed by atoms with Crippen LogP contribution in [-0.2, 0) is 4.79 Å². The molecule has 0 saturated heterocycles. The Kier molecular flexibility index (Phi) is 4.55. The molecule has 17 heavy (non-hydrogen) atoms. The summed E-state index contributed by atoms with van der Waals surface area (Å²) in [7, 11) is 0. The average Bonchev–Trinajstić information content (AvgIpc) is 2.30. The van der Waals surface area contributed by atoms with Crippen molar-refractivity contribution in [2.45, 2.75) is 33.2 Å². The summed E-state index contributed by atoms with van der Waals surface area (Å²) in [5.41, 5.74) is 11.2. The Labute approximate surface area is 100 Å². The smallest absolute Gasteiger partial charge is 0.233 e. The molecule has 0 aliphatic heterocycles. The van der Waals surface area contributed by atoms with Gasteiger partial charge in [-0.1, -0.05) is 24.2 Å². The number of rotatable bonds is 4. The van der Waals surface area contributed by atoms with Gasteiger partial charge in [-0.25, -0.2) is 0 Å². The summed E-state index contributed by atoms with van der Waals surface area (Å²) < 4.78 is 0. The molecule has 1 rings (SSSR count). The van der Waals surface area contributed by atoms with Crippen molar-refractivity contribution in [3.05, 3.63) is 39.8 Å². The number of aryl methyl sites for hydroxylation is 2. The third-order valence-electron chi connectivity index (χ3n) is 2.53. The highest BCUT2D eigenvalue weighted by molar-refractivity contribution is 5.95. The Bertz CT molecular complexity index is 464. The first-order valence-corrected chi connectivity index (χ1v) is 5.50. The molecule has 1 amide bonds. The van der Waals surface area contributed by atoms with E-state index in [-0.39, 0.29) is 5.91 Å². The molecule has 1 aromatic carbocycles. The van der Waals surface area contributed by atoms with Crippen molar-refractivity contribution < 1.29 is 4.79 Å². The van der Waals surface area contributed by atoms with E-state index in [1.165, 1.54) is 0 Å². The first-order valence-electron chi connectivity index (χ1n) is 5.50. The van der Waals surface area contributed by atoms with Gasteiger partial charge in [0.05, 0.1) is 0 Å². The van der Waals surface area contributed by atoms with Crippen LogP contribution in [0.15, 0.2) is 23.3 Å². The van der Waals surface area contributed by atoms with Crippen LogP contribution in [0, 0.1) is 13.8 Å². The molecule has 1 aromatic rings. The molecular formula is C12H16N4O. The van der Waals surface area contributed by atoms with Crippen LogP contribution >= 0.6 is 0 Å². The Hall–Kier alpha value is -2.00. The zero-order chi connectivity index (χ0) is 12.8. The Balaban J connectivity index is 2.86. The average molecular weight is 232 g/mol. The van der Waals surface area contributed by atoms with Gasteiger partial charge in [0.2, 0.25) is 5.91 Å². The molecule has 5 heteroatoms. The van der Waals surface area contributed by atoms with Crippen molar-refractivity contribution in [1.29, 1.82) is 0 Å². The molecule has 0 aliphatic carbocycles. The van der Waals surface area contributed by atoms with Crippen LogP contribution in [0.3, 0.4) is 0 Å². The molecule has 0 radical (unpaired) electrons. The Morgan fingerprint density at radius 3 is 2.82 bits per heavy atom. The van der Waals surface area contributed by atoms with E-state index in [2.05, 4.69) is 15.3 Å². The van der Waals surface area contributed by atoms with Crippen molar-refractivity contribution in [3.63, 3.8) is 0 Å². The lowest BCUT2D eigenvalue weighted by atomic mass is 10.1. The van der Waals surface area contributed by atoms with Crippen molar-refractivity contribution >= 4 is 11.6 Å². The van der Waals surface area contributed by atoms with E-state index in [1.54, 1.807) is 0 Å². The molecule has 0 aliphatic rings. The number of amides is 1. The topological polar surface area (TPSA) is 77.9 Å². The third kappa shape index (κ3) is 3.50. The molecule has 0 heterocycles. The minimum absolute atomic E-state index is 0.265. The monoisotopic (exact) mass is 232 g/mol. The summed E-state index contributed by atoms with van der Waals surface area (Å²) in [6, 6.07) is 5.17. The first-order chi connectivity index (χ1) is 8.08. The standard InChI is InChI=1S/C12H16N4O/c1-4-10(15-16-13)12(17)14-11-7-8(2)5-6-9(11)3/h5-7,10H,4H2,1-3H3,(H,14,17)/t10-/m0/s1. The summed E-state index contributed by atoms with van der Waals surface area (Å²) in [5, 5.41) is 6.24. The van der Waals surface area contributed by atoms with E-state index in [0.717, 1.165) is 16.8 Å². The molecule has 0 aromatic heterocycles. The number of hydrogen-bond donors (Lipinski definition) is 1. The number of anilines is 1. The predicted octanol–water partition coefficient (Wildman–Crippen LogP) is 3.33. The number of benzene rings is 1. The minimum atomic E-state index is -0.653. The number of carbonyl (C=O) groups is 1. The number of nitrogens with one attached hydrogen (secondary N) is 1. The van der Waals surface area contributed by atoms with Gasteiger partial charge in [0.25, 0.3) is 0 Å². The van der Waals surface area contributed by atoms with Crippen LogP contribution in [0.25, 0.3) is 10.4 Å². The van der Waals surface area contributed by atoms with E-state index >= 15 is 0 Å². The number of hydrogen-bond acceptors (Lipinski definition) is 2. The summed E-state index contributed by atoms with van der Waals surface area (Å²) in [5.74, 6) is -0.265. The van der Waals surface area contributed by atoms with E-state index in [1.807, 2.05) is 39.0 Å². The van der Waals surface area contributed by atoms with Crippen molar-refractivity contribution in [2.24, 2.45) is 5.11 Å². The largest absolute Gasteiger partial charge is 0.325 e. The minimum Gasteiger partial charge on any atom is -0.325 e. The van der Waals surface area contributed by atoms with Crippen molar-refractivity contribution in [2.75, 3.05) is 5.32 Å². The molecule has 0 fully saturated rings. The SMILES string of the molecule is CC[C@H](N=[N+]=[N-])C(=O)Nc1cc(C)ccc1C. The lowest BCUT2D eigenvalue weighted by molar-refractivity contribution is -0.117. The van der Waals surface area contributed by atoms with E-state index in [9.17, 15) is 4.79 Å². The number of azide groups is 1. The highest BCUT2D eigenvalue weighted by Crippen LogP contribution is 2.17. The van der Waals surface area contributed by atoms with Gasteiger partial charge in [-0.05, 0) is 43.0 Å². The van der Waals surface area contributed by atoms with E-state index < -0.39 is 6.04 Å². The van der Waals surface area contributed by atoms with Crippen LogP contribution < -0.4 is 5.32 Å². The van der Waals surface area contributed by atoms with Gasteiger partial charge < -0.3 is 5.32 Å². The molecule has 0 saturated carbocycles. The maximum absolute atomic E-state index is 11.8. The molecule has 1 atom stereocenters. The fraction of sp³-hybridized carbons (Fsp3) is 0.417. The maximum atomic E-state index is 11.8. The second-order valence-corrected chi connectivity index (χ2v) is 3.94. The maximum Gasteiger partial charge on any atom is 0.233 e. The Morgan fingerprint density at radius 2 is 2.24 bits per heavy atom. The fourth-order valence-electron chi connectivity index (χ4n) is 1.47. The number of carbonyl (C=O) groups excluding carboxylic acids is 1. The normalized spacial score (nSPS) is 11.5. The molecule has 0 spiro atoms. The third-order valence-corrected chi connectivity index (χ3v) is 2.53. The van der Waals surface area contributed by atoms with E-state index in [4.69, 9.17) is 5.53 Å². The first kappa shape index (κ1) is 13.1. The highest BCUT2D eigenvalue weighted by atomic mass is 16.2. The molecule has 5 nitrogen and oxygen atoms in total. The van der Waals surface area contributed by atoms with Crippen molar-refractivity contribution in [1.82, 2.24) is 0 Å². The van der Waals surface area contributed by atoms with Gasteiger partial charge in [-0.15, -0.1) is 0 Å². The Morgan fingerprint density at radius 1 is 1.53 bits per heavy atom. The summed E-state index contributed by atoms with van der Waals surface area (Å²) >= 11 is 0. The molecule has 90 valence electrons. The molecular weight excluding hydrogens is 216 g/mol. The molecule has 0 unspecified atom stereocenters. The second-order valence-electron chi connectivity index (χ2n) is 3.94. The zero-order valence-electron chi connectivity index (χ0n) is 10.3. The second kappa shape index (κ2) is 5.92. The molecule has 1 N–H and O–H groups in total. The van der Waals surface area contributed by atoms with Gasteiger partial charge in [0.1, 0.15) is 6.04 Å². The van der Waals surface area contributed by atoms with Gasteiger partial charge in [-0.3, -0.25) is 4.79 Å². The van der Waals surface area contributed by atoms with Gasteiger partial charge in [0.15, 0.2) is 0 Å². The lowest BCUT2D eigenvalue weighted by Crippen LogP contribution is -2.25. The quantitative estimate of drug-likeness (QED) is 0.482. The van der Waals surface area contributed by atoms with Gasteiger partial charge in [0, 0.05) is 10.6 Å². The summed E-state index contributed by atoms with van der Waals surface area (Å²) in [6.45, 7) is 5.69. The van der Waals surface area contributed by atoms with E-state index in [0.29, 0.717) is 6.42 Å². The summed E-state index contributed by atoms with van der Waals surface area (Å²) in [6.07, 6.45) is 0.487. The molecule has 0 bridgehead atoms. The summed E-state index contributed by atoms with van der Waals surface area (Å²) in [4.78, 5) is 14.5. The van der Waals surface area contributed by atoms with Crippen LogP contribution in [0.1, 0.15) is 24.5 Å². The highest BCUT2D eigenvalue weighted by Gasteiger charge is 2.15. The van der Waals surface area contributed by atoms with Crippen molar-refractivity contribution in [3.8, 4) is 0 Å².